The topological polar surface area (TPSA) is 68.0 Å². The Morgan fingerprint density at radius 1 is 1.26 bits per heavy atom. The molecule has 1 heterocycles. The van der Waals surface area contributed by atoms with Crippen LogP contribution in [-0.2, 0) is 6.18 Å². The van der Waals surface area contributed by atoms with Gasteiger partial charge in [0.1, 0.15) is 5.69 Å². The highest BCUT2D eigenvalue weighted by Crippen LogP contribution is 2.28. The Kier molecular flexibility index (Phi) is 4.40. The number of carbonyl (C=O) groups is 1. The number of nitrogens with one attached hydrogen (secondary N) is 1. The van der Waals surface area contributed by atoms with Crippen LogP contribution < -0.4 is 11.1 Å². The normalized spacial score (nSPS) is 12.3. The molecule has 0 unspecified atom stereocenters. The van der Waals surface area contributed by atoms with Crippen LogP contribution in [0.2, 0.25) is 0 Å². The number of halogens is 5. The molecule has 1 aromatic rings. The molecule has 9 heteroatoms. The number of alkyl halides is 5. The fourth-order valence-corrected chi connectivity index (χ4v) is 1.07. The van der Waals surface area contributed by atoms with Gasteiger partial charge in [-0.1, -0.05) is 0 Å². The van der Waals surface area contributed by atoms with Gasteiger partial charge in [-0.05, 0) is 12.1 Å². The van der Waals surface area contributed by atoms with Crippen molar-refractivity contribution in [1.29, 1.82) is 0 Å². The fourth-order valence-electron chi connectivity index (χ4n) is 1.07. The molecule has 0 aliphatic rings. The van der Waals surface area contributed by atoms with E-state index in [0.29, 0.717) is 12.3 Å². The van der Waals surface area contributed by atoms with Gasteiger partial charge in [0, 0.05) is 6.20 Å². The molecule has 1 amide bonds. The van der Waals surface area contributed by atoms with Gasteiger partial charge >= 0.3 is 6.18 Å². The monoisotopic (exact) mass is 283 g/mol. The summed E-state index contributed by atoms with van der Waals surface area (Å²) in [4.78, 5) is 14.6. The average molecular weight is 283 g/mol. The van der Waals surface area contributed by atoms with E-state index in [1.165, 1.54) is 0 Å². The molecule has 0 atom stereocenters. The van der Waals surface area contributed by atoms with Crippen molar-refractivity contribution >= 4 is 5.91 Å². The van der Waals surface area contributed by atoms with Crippen LogP contribution in [0.1, 0.15) is 16.1 Å². The molecule has 0 aliphatic carbocycles. The van der Waals surface area contributed by atoms with E-state index < -0.39 is 36.7 Å². The smallest absolute Gasteiger partial charge is 0.345 e. The van der Waals surface area contributed by atoms with Gasteiger partial charge in [-0.15, -0.1) is 0 Å². The van der Waals surface area contributed by atoms with Crippen molar-refractivity contribution in [3.05, 3.63) is 29.6 Å². The van der Waals surface area contributed by atoms with Gasteiger partial charge in [0.2, 0.25) is 0 Å². The number of aromatic nitrogens is 1. The zero-order chi connectivity index (χ0) is 14.7. The first-order chi connectivity index (χ1) is 8.65. The van der Waals surface area contributed by atoms with Gasteiger partial charge in [-0.2, -0.15) is 13.2 Å². The molecule has 0 saturated heterocycles. The number of hydrogen-bond donors (Lipinski definition) is 2. The van der Waals surface area contributed by atoms with Crippen molar-refractivity contribution in [3.63, 3.8) is 0 Å². The second-order valence-electron chi connectivity index (χ2n) is 3.67. The number of hydrogen-bond acceptors (Lipinski definition) is 3. The van der Waals surface area contributed by atoms with E-state index in [1.807, 2.05) is 5.32 Å². The highest BCUT2D eigenvalue weighted by atomic mass is 19.4. The van der Waals surface area contributed by atoms with Crippen molar-refractivity contribution in [1.82, 2.24) is 10.3 Å². The summed E-state index contributed by atoms with van der Waals surface area (Å²) in [6.07, 6.45) is -4.12. The standard InChI is InChI=1S/C10H10F5N3O/c11-9(12,4-16)5-18-8(19)7-2-1-6(3-17-7)10(13,14)15/h1-3H,4-5,16H2,(H,18,19). The van der Waals surface area contributed by atoms with Gasteiger partial charge in [-0.3, -0.25) is 9.78 Å². The molecule has 0 spiro atoms. The van der Waals surface area contributed by atoms with Gasteiger partial charge in [-0.25, -0.2) is 8.78 Å². The maximum atomic E-state index is 12.7. The van der Waals surface area contributed by atoms with Gasteiger partial charge in [0.25, 0.3) is 11.8 Å². The summed E-state index contributed by atoms with van der Waals surface area (Å²) in [5, 5.41) is 1.84. The molecule has 0 saturated carbocycles. The molecule has 19 heavy (non-hydrogen) atoms. The van der Waals surface area contributed by atoms with Crippen LogP contribution in [0.15, 0.2) is 18.3 Å². The van der Waals surface area contributed by atoms with Crippen molar-refractivity contribution in [2.24, 2.45) is 5.73 Å². The molecular formula is C10H10F5N3O. The molecule has 0 radical (unpaired) electrons. The summed E-state index contributed by atoms with van der Waals surface area (Å²) in [7, 11) is 0. The van der Waals surface area contributed by atoms with Crippen molar-refractivity contribution in [2.45, 2.75) is 12.1 Å². The third-order valence-electron chi connectivity index (χ3n) is 2.13. The van der Waals surface area contributed by atoms with E-state index in [4.69, 9.17) is 5.73 Å². The number of carbonyl (C=O) groups excluding carboxylic acids is 1. The Labute approximate surface area is 104 Å². The minimum atomic E-state index is -4.57. The Balaban J connectivity index is 2.69. The molecule has 0 aromatic carbocycles. The van der Waals surface area contributed by atoms with Crippen LogP contribution >= 0.6 is 0 Å². The molecule has 106 valence electrons. The van der Waals surface area contributed by atoms with E-state index in [9.17, 15) is 26.7 Å². The lowest BCUT2D eigenvalue weighted by Gasteiger charge is -2.14. The van der Waals surface area contributed by atoms with E-state index in [0.717, 1.165) is 6.07 Å². The maximum absolute atomic E-state index is 12.7. The minimum absolute atomic E-state index is 0.388. The van der Waals surface area contributed by atoms with Crippen LogP contribution in [0.3, 0.4) is 0 Å². The predicted molar refractivity (Wildman–Crippen MR) is 55.6 cm³/mol. The SMILES string of the molecule is NCC(F)(F)CNC(=O)c1ccc(C(F)(F)F)cn1. The summed E-state index contributed by atoms with van der Waals surface area (Å²) in [6.45, 7) is -1.96. The largest absolute Gasteiger partial charge is 0.417 e. The average Bonchev–Trinajstić information content (AvgIpc) is 2.35. The summed E-state index contributed by atoms with van der Waals surface area (Å²) >= 11 is 0. The number of nitrogens with zero attached hydrogens (tertiary/aromatic N) is 1. The van der Waals surface area contributed by atoms with Crippen LogP contribution in [0.25, 0.3) is 0 Å². The van der Waals surface area contributed by atoms with Crippen LogP contribution in [0.4, 0.5) is 22.0 Å². The summed E-state index contributed by atoms with van der Waals surface area (Å²) in [6, 6.07) is 1.45. The van der Waals surface area contributed by atoms with E-state index in [-0.39, 0.29) is 5.69 Å². The van der Waals surface area contributed by atoms with Gasteiger partial charge < -0.3 is 11.1 Å². The van der Waals surface area contributed by atoms with Crippen molar-refractivity contribution in [3.8, 4) is 0 Å². The lowest BCUT2D eigenvalue weighted by Crippen LogP contribution is -2.41. The Morgan fingerprint density at radius 3 is 2.32 bits per heavy atom. The minimum Gasteiger partial charge on any atom is -0.345 e. The summed E-state index contributed by atoms with van der Waals surface area (Å²) < 4.78 is 62.1. The quantitative estimate of drug-likeness (QED) is 0.821. The Morgan fingerprint density at radius 2 is 1.89 bits per heavy atom. The molecule has 0 fully saturated rings. The van der Waals surface area contributed by atoms with E-state index >= 15 is 0 Å². The molecule has 1 rings (SSSR count). The van der Waals surface area contributed by atoms with Crippen LogP contribution in [-0.4, -0.2) is 29.9 Å². The van der Waals surface area contributed by atoms with Gasteiger partial charge in [0.05, 0.1) is 18.7 Å². The lowest BCUT2D eigenvalue weighted by molar-refractivity contribution is -0.137. The van der Waals surface area contributed by atoms with Crippen LogP contribution in [0.5, 0.6) is 0 Å². The first kappa shape index (κ1) is 15.3. The van der Waals surface area contributed by atoms with Crippen LogP contribution in [0, 0.1) is 0 Å². The molecule has 1 aromatic heterocycles. The highest BCUT2D eigenvalue weighted by Gasteiger charge is 2.31. The molecule has 0 aliphatic heterocycles. The van der Waals surface area contributed by atoms with E-state index in [2.05, 4.69) is 4.98 Å². The number of nitrogens with two attached hydrogens (primary N) is 1. The Bertz CT molecular complexity index is 443. The molecule has 0 bridgehead atoms. The van der Waals surface area contributed by atoms with Crippen molar-refractivity contribution in [2.75, 3.05) is 13.1 Å². The molecule has 4 nitrogen and oxygen atoms in total. The van der Waals surface area contributed by atoms with Gasteiger partial charge in [0.15, 0.2) is 0 Å². The predicted octanol–water partition coefficient (Wildman–Crippen LogP) is 1.42. The first-order valence-corrected chi connectivity index (χ1v) is 5.05. The number of rotatable bonds is 4. The summed E-state index contributed by atoms with van der Waals surface area (Å²) in [5.74, 6) is -4.27. The number of amides is 1. The third kappa shape index (κ3) is 4.43. The maximum Gasteiger partial charge on any atom is 0.417 e. The third-order valence-corrected chi connectivity index (χ3v) is 2.13. The molecular weight excluding hydrogens is 273 g/mol. The second kappa shape index (κ2) is 5.47. The fraction of sp³-hybridized carbons (Fsp3) is 0.400. The lowest BCUT2D eigenvalue weighted by atomic mass is 10.2. The van der Waals surface area contributed by atoms with Crippen molar-refractivity contribution < 1.29 is 26.7 Å². The summed E-state index contributed by atoms with van der Waals surface area (Å²) in [5.41, 5.74) is 3.34. The zero-order valence-electron chi connectivity index (χ0n) is 9.47. The zero-order valence-corrected chi connectivity index (χ0v) is 9.47. The molecule has 3 N–H and O–H groups in total. The van der Waals surface area contributed by atoms with E-state index in [1.54, 1.807) is 0 Å². The Hall–Kier alpha value is -1.77. The second-order valence-corrected chi connectivity index (χ2v) is 3.67. The highest BCUT2D eigenvalue weighted by molar-refractivity contribution is 5.92. The first-order valence-electron chi connectivity index (χ1n) is 5.05. The number of pyridine rings is 1.